The number of carbonyl (C=O) groups excluding carboxylic acids is 1. The molecule has 0 atom stereocenters. The van der Waals surface area contributed by atoms with Gasteiger partial charge in [-0.2, -0.15) is 0 Å². The van der Waals surface area contributed by atoms with Gasteiger partial charge in [0.2, 0.25) is 11.8 Å². The molecule has 0 unspecified atom stereocenters. The quantitative estimate of drug-likeness (QED) is 0.831. The van der Waals surface area contributed by atoms with Crippen molar-refractivity contribution in [2.24, 2.45) is 0 Å². The monoisotopic (exact) mass is 368 g/mol. The summed E-state index contributed by atoms with van der Waals surface area (Å²) in [6.07, 6.45) is 2.28. The zero-order chi connectivity index (χ0) is 19.3. The Morgan fingerprint density at radius 2 is 2.00 bits per heavy atom. The van der Waals surface area contributed by atoms with Gasteiger partial charge in [0.15, 0.2) is 0 Å². The van der Waals surface area contributed by atoms with Crippen molar-refractivity contribution in [1.29, 1.82) is 0 Å². The molecule has 1 aliphatic rings. The number of ether oxygens (including phenoxy) is 2. The predicted octanol–water partition coefficient (Wildman–Crippen LogP) is 4.17. The molecule has 1 aromatic heterocycles. The molecular formula is C22H28N2O3. The van der Waals surface area contributed by atoms with Gasteiger partial charge in [-0.3, -0.25) is 4.79 Å². The van der Waals surface area contributed by atoms with Crippen LogP contribution >= 0.6 is 0 Å². The van der Waals surface area contributed by atoms with Crippen molar-refractivity contribution in [1.82, 2.24) is 4.98 Å². The van der Waals surface area contributed by atoms with Crippen molar-refractivity contribution in [3.63, 3.8) is 0 Å². The topological polar surface area (TPSA) is 60.5 Å². The molecule has 1 amide bonds. The minimum absolute atomic E-state index is 0.00327. The van der Waals surface area contributed by atoms with E-state index >= 15 is 0 Å². The van der Waals surface area contributed by atoms with Crippen LogP contribution in [0.15, 0.2) is 36.4 Å². The van der Waals surface area contributed by atoms with E-state index in [1.54, 1.807) is 0 Å². The molecule has 0 bridgehead atoms. The molecular weight excluding hydrogens is 340 g/mol. The van der Waals surface area contributed by atoms with Crippen LogP contribution in [-0.4, -0.2) is 30.7 Å². The van der Waals surface area contributed by atoms with E-state index in [0.717, 1.165) is 28.9 Å². The second-order valence-corrected chi connectivity index (χ2v) is 7.15. The van der Waals surface area contributed by atoms with Crippen molar-refractivity contribution in [2.45, 2.75) is 45.4 Å². The third-order valence-electron chi connectivity index (χ3n) is 5.11. The van der Waals surface area contributed by atoms with Gasteiger partial charge in [-0.05, 0) is 44.7 Å². The van der Waals surface area contributed by atoms with Gasteiger partial charge in [-0.25, -0.2) is 4.98 Å². The average Bonchev–Trinajstić information content (AvgIpc) is 2.68. The molecule has 5 nitrogen and oxygen atoms in total. The highest BCUT2D eigenvalue weighted by Crippen LogP contribution is 2.37. The van der Waals surface area contributed by atoms with Gasteiger partial charge in [0, 0.05) is 19.3 Å². The minimum atomic E-state index is -0.575. The molecule has 2 aromatic rings. The maximum absolute atomic E-state index is 13.4. The van der Waals surface area contributed by atoms with Crippen LogP contribution in [0.3, 0.4) is 0 Å². The fourth-order valence-corrected chi connectivity index (χ4v) is 3.51. The number of hydrogen-bond acceptors (Lipinski definition) is 4. The van der Waals surface area contributed by atoms with E-state index in [2.05, 4.69) is 36.3 Å². The largest absolute Gasteiger partial charge is 0.478 e. The lowest BCUT2D eigenvalue weighted by Crippen LogP contribution is -2.45. The molecule has 27 heavy (non-hydrogen) atoms. The van der Waals surface area contributed by atoms with Gasteiger partial charge < -0.3 is 14.8 Å². The average molecular weight is 368 g/mol. The summed E-state index contributed by atoms with van der Waals surface area (Å²) in [4.78, 5) is 17.8. The SMILES string of the molecule is CCCOc1ccc(NC(=O)C2(c3cccc(C)c3)CCOCC2)c(C)n1. The Hall–Kier alpha value is -2.40. The summed E-state index contributed by atoms with van der Waals surface area (Å²) < 4.78 is 11.1. The fraction of sp³-hybridized carbons (Fsp3) is 0.455. The van der Waals surface area contributed by atoms with Crippen molar-refractivity contribution < 1.29 is 14.3 Å². The van der Waals surface area contributed by atoms with Crippen LogP contribution in [-0.2, 0) is 14.9 Å². The summed E-state index contributed by atoms with van der Waals surface area (Å²) in [5.41, 5.74) is 3.11. The fourth-order valence-electron chi connectivity index (χ4n) is 3.51. The molecule has 1 fully saturated rings. The number of aryl methyl sites for hydroxylation is 2. The van der Waals surface area contributed by atoms with E-state index < -0.39 is 5.41 Å². The molecule has 0 radical (unpaired) electrons. The van der Waals surface area contributed by atoms with Gasteiger partial charge in [0.1, 0.15) is 0 Å². The number of rotatable bonds is 6. The Balaban J connectivity index is 1.85. The predicted molar refractivity (Wildman–Crippen MR) is 106 cm³/mol. The van der Waals surface area contributed by atoms with Crippen molar-refractivity contribution in [3.05, 3.63) is 53.2 Å². The lowest BCUT2D eigenvalue weighted by molar-refractivity contribution is -0.125. The normalized spacial score (nSPS) is 16.0. The van der Waals surface area contributed by atoms with Gasteiger partial charge in [-0.1, -0.05) is 36.8 Å². The Labute approximate surface area is 161 Å². The summed E-state index contributed by atoms with van der Waals surface area (Å²) in [5, 5.41) is 3.11. The number of hydrogen-bond donors (Lipinski definition) is 1. The number of pyridine rings is 1. The maximum Gasteiger partial charge on any atom is 0.235 e. The zero-order valence-electron chi connectivity index (χ0n) is 16.4. The van der Waals surface area contributed by atoms with Crippen LogP contribution < -0.4 is 10.1 Å². The molecule has 0 saturated carbocycles. The highest BCUT2D eigenvalue weighted by Gasteiger charge is 2.42. The number of benzene rings is 1. The second kappa shape index (κ2) is 8.53. The summed E-state index contributed by atoms with van der Waals surface area (Å²) in [6, 6.07) is 11.9. The maximum atomic E-state index is 13.4. The smallest absolute Gasteiger partial charge is 0.235 e. The summed E-state index contributed by atoms with van der Waals surface area (Å²) in [6.45, 7) is 7.80. The second-order valence-electron chi connectivity index (χ2n) is 7.15. The van der Waals surface area contributed by atoms with Crippen LogP contribution in [0.25, 0.3) is 0 Å². The van der Waals surface area contributed by atoms with E-state index in [0.29, 0.717) is 38.5 Å². The molecule has 144 valence electrons. The van der Waals surface area contributed by atoms with E-state index in [4.69, 9.17) is 9.47 Å². The highest BCUT2D eigenvalue weighted by atomic mass is 16.5. The van der Waals surface area contributed by atoms with Crippen LogP contribution in [0, 0.1) is 13.8 Å². The number of amides is 1. The number of nitrogens with one attached hydrogen (secondary N) is 1. The molecule has 5 heteroatoms. The van der Waals surface area contributed by atoms with Gasteiger partial charge in [0.25, 0.3) is 0 Å². The van der Waals surface area contributed by atoms with Crippen LogP contribution in [0.5, 0.6) is 5.88 Å². The molecule has 1 aromatic carbocycles. The summed E-state index contributed by atoms with van der Waals surface area (Å²) in [5.74, 6) is 0.593. The van der Waals surface area contributed by atoms with Crippen molar-refractivity contribution in [3.8, 4) is 5.88 Å². The van der Waals surface area contributed by atoms with Gasteiger partial charge in [0.05, 0.1) is 23.4 Å². The Bertz CT molecular complexity index is 798. The molecule has 1 N–H and O–H groups in total. The van der Waals surface area contributed by atoms with Gasteiger partial charge >= 0.3 is 0 Å². The number of aromatic nitrogens is 1. The Kier molecular flexibility index (Phi) is 6.11. The molecule has 0 aliphatic carbocycles. The van der Waals surface area contributed by atoms with Crippen molar-refractivity contribution in [2.75, 3.05) is 25.1 Å². The van der Waals surface area contributed by atoms with E-state index in [9.17, 15) is 4.79 Å². The van der Waals surface area contributed by atoms with Gasteiger partial charge in [-0.15, -0.1) is 0 Å². The van der Waals surface area contributed by atoms with E-state index in [1.807, 2.05) is 31.2 Å². The first-order valence-electron chi connectivity index (χ1n) is 9.62. The lowest BCUT2D eigenvalue weighted by atomic mass is 9.73. The first-order valence-corrected chi connectivity index (χ1v) is 9.62. The summed E-state index contributed by atoms with van der Waals surface area (Å²) in [7, 11) is 0. The molecule has 0 spiro atoms. The third kappa shape index (κ3) is 4.30. The number of nitrogens with zero attached hydrogens (tertiary/aromatic N) is 1. The van der Waals surface area contributed by atoms with Crippen molar-refractivity contribution >= 4 is 11.6 Å². The number of carbonyl (C=O) groups is 1. The van der Waals surface area contributed by atoms with Crippen LogP contribution in [0.1, 0.15) is 43.0 Å². The zero-order valence-corrected chi connectivity index (χ0v) is 16.4. The Morgan fingerprint density at radius 1 is 1.22 bits per heavy atom. The van der Waals surface area contributed by atoms with E-state index in [-0.39, 0.29) is 5.91 Å². The highest BCUT2D eigenvalue weighted by molar-refractivity contribution is 5.99. The number of anilines is 1. The minimum Gasteiger partial charge on any atom is -0.478 e. The molecule has 1 aliphatic heterocycles. The lowest BCUT2D eigenvalue weighted by Gasteiger charge is -2.36. The molecule has 3 rings (SSSR count). The third-order valence-corrected chi connectivity index (χ3v) is 5.11. The van der Waals surface area contributed by atoms with E-state index in [1.165, 1.54) is 0 Å². The standard InChI is InChI=1S/C22H28N2O3/c1-4-12-27-20-9-8-19(17(3)23-20)24-21(25)22(10-13-26-14-11-22)18-7-5-6-16(2)15-18/h5-9,15H,4,10-14H2,1-3H3,(H,24,25). The first kappa shape index (κ1) is 19.4. The van der Waals surface area contributed by atoms with Crippen LogP contribution in [0.2, 0.25) is 0 Å². The molecule has 2 heterocycles. The Morgan fingerprint density at radius 3 is 2.67 bits per heavy atom. The first-order chi connectivity index (χ1) is 13.0. The van der Waals surface area contributed by atoms with Crippen LogP contribution in [0.4, 0.5) is 5.69 Å². The molecule has 1 saturated heterocycles. The summed E-state index contributed by atoms with van der Waals surface area (Å²) >= 11 is 0.